The largest absolute Gasteiger partial charge is 0.456 e. The lowest BCUT2D eigenvalue weighted by molar-refractivity contribution is 0.669. The van der Waals surface area contributed by atoms with Gasteiger partial charge in [0.2, 0.25) is 0 Å². The van der Waals surface area contributed by atoms with E-state index in [1.807, 2.05) is 6.07 Å². The van der Waals surface area contributed by atoms with Crippen LogP contribution in [-0.4, -0.2) is 0 Å². The van der Waals surface area contributed by atoms with E-state index in [-0.39, 0.29) is 0 Å². The third kappa shape index (κ3) is 4.31. The predicted molar refractivity (Wildman–Crippen MR) is 163 cm³/mol. The van der Waals surface area contributed by atoms with Gasteiger partial charge in [-0.1, -0.05) is 109 Å². The Hall–Kier alpha value is -4.92. The van der Waals surface area contributed by atoms with Gasteiger partial charge in [0.25, 0.3) is 0 Å². The molecule has 0 radical (unpaired) electrons. The van der Waals surface area contributed by atoms with E-state index in [1.54, 1.807) is 0 Å². The van der Waals surface area contributed by atoms with Crippen molar-refractivity contribution in [1.29, 1.82) is 0 Å². The Morgan fingerprint density at radius 3 is 1.77 bits per heavy atom. The highest BCUT2D eigenvalue weighted by Gasteiger charge is 2.14. The normalized spacial score (nSPS) is 11.3. The Balaban J connectivity index is 1.28. The maximum Gasteiger partial charge on any atom is 0.136 e. The van der Waals surface area contributed by atoms with Crippen LogP contribution in [0.3, 0.4) is 0 Å². The van der Waals surface area contributed by atoms with Gasteiger partial charge in [0.15, 0.2) is 0 Å². The summed E-state index contributed by atoms with van der Waals surface area (Å²) in [6, 6.07) is 49.3. The van der Waals surface area contributed by atoms with E-state index in [2.05, 4.69) is 133 Å². The third-order valence-electron chi connectivity index (χ3n) is 7.49. The molecule has 0 aliphatic carbocycles. The molecule has 2 heteroatoms. The van der Waals surface area contributed by atoms with Gasteiger partial charge >= 0.3 is 0 Å². The molecule has 0 spiro atoms. The second-order valence-electron chi connectivity index (χ2n) is 9.92. The lowest BCUT2D eigenvalue weighted by Gasteiger charge is -2.08. The van der Waals surface area contributed by atoms with Crippen LogP contribution >= 0.6 is 0 Å². The Morgan fingerprint density at radius 1 is 0.436 bits per heavy atom. The average molecular weight is 502 g/mol. The molecule has 0 bridgehead atoms. The second-order valence-corrected chi connectivity index (χ2v) is 9.92. The van der Waals surface area contributed by atoms with Gasteiger partial charge in [-0.25, -0.2) is 0 Å². The van der Waals surface area contributed by atoms with E-state index in [9.17, 15) is 0 Å². The zero-order valence-corrected chi connectivity index (χ0v) is 21.5. The maximum absolute atomic E-state index is 6.26. The molecule has 0 atom stereocenters. The Kier molecular flexibility index (Phi) is 5.81. The van der Waals surface area contributed by atoms with Gasteiger partial charge in [-0.15, -0.1) is 0 Å². The van der Waals surface area contributed by atoms with Gasteiger partial charge in [-0.3, -0.25) is 0 Å². The number of hydrogen-bond donors (Lipinski definition) is 1. The number of benzene rings is 6. The number of nitrogens with two attached hydrogens (primary N) is 1. The highest BCUT2D eigenvalue weighted by Crippen LogP contribution is 2.39. The first-order valence-corrected chi connectivity index (χ1v) is 13.3. The Morgan fingerprint density at radius 2 is 1.03 bits per heavy atom. The van der Waals surface area contributed by atoms with Crippen LogP contribution in [0, 0.1) is 0 Å². The van der Waals surface area contributed by atoms with Gasteiger partial charge in [-0.05, 0) is 80.4 Å². The van der Waals surface area contributed by atoms with E-state index in [1.165, 1.54) is 33.4 Å². The van der Waals surface area contributed by atoms with Gasteiger partial charge in [0, 0.05) is 17.3 Å². The summed E-state index contributed by atoms with van der Waals surface area (Å²) in [5, 5.41) is 2.26. The van der Waals surface area contributed by atoms with Crippen molar-refractivity contribution in [2.75, 3.05) is 0 Å². The molecule has 7 aromatic rings. The predicted octanol–water partition coefficient (Wildman–Crippen LogP) is 9.71. The molecule has 0 fully saturated rings. The molecule has 1 aromatic heterocycles. The fourth-order valence-electron chi connectivity index (χ4n) is 5.48. The Bertz CT molecular complexity index is 1930. The van der Waals surface area contributed by atoms with Crippen molar-refractivity contribution < 1.29 is 4.42 Å². The first kappa shape index (κ1) is 23.2. The topological polar surface area (TPSA) is 39.2 Å². The van der Waals surface area contributed by atoms with Gasteiger partial charge < -0.3 is 10.2 Å². The number of hydrogen-bond acceptors (Lipinski definition) is 2. The first-order chi connectivity index (χ1) is 19.3. The zero-order valence-electron chi connectivity index (χ0n) is 21.5. The molecule has 2 nitrogen and oxygen atoms in total. The molecule has 0 saturated carbocycles. The number of fused-ring (bicyclic) bond motifs is 3. The molecule has 186 valence electrons. The average Bonchev–Trinajstić information content (AvgIpc) is 3.40. The summed E-state index contributed by atoms with van der Waals surface area (Å²) in [6.07, 6.45) is 0. The van der Waals surface area contributed by atoms with Crippen molar-refractivity contribution in [2.45, 2.75) is 6.54 Å². The highest BCUT2D eigenvalue weighted by atomic mass is 16.3. The Labute approximate surface area is 228 Å². The molecule has 2 N–H and O–H groups in total. The minimum atomic E-state index is 0.520. The summed E-state index contributed by atoms with van der Waals surface area (Å²) in [7, 11) is 0. The third-order valence-corrected chi connectivity index (χ3v) is 7.49. The molecule has 39 heavy (non-hydrogen) atoms. The van der Waals surface area contributed by atoms with E-state index < -0.39 is 0 Å². The second kappa shape index (κ2) is 9.75. The van der Waals surface area contributed by atoms with E-state index in [0.717, 1.165) is 38.6 Å². The van der Waals surface area contributed by atoms with Crippen molar-refractivity contribution in [2.24, 2.45) is 5.73 Å². The fourth-order valence-corrected chi connectivity index (χ4v) is 5.48. The molecular formula is C37H27NO. The van der Waals surface area contributed by atoms with Crippen molar-refractivity contribution in [3.8, 4) is 44.5 Å². The summed E-state index contributed by atoms with van der Waals surface area (Å²) in [5.74, 6) is 0. The lowest BCUT2D eigenvalue weighted by atomic mass is 9.95. The molecule has 1 heterocycles. The summed E-state index contributed by atoms with van der Waals surface area (Å²) < 4.78 is 6.26. The highest BCUT2D eigenvalue weighted by molar-refractivity contribution is 6.13. The molecule has 0 unspecified atom stereocenters. The molecule has 6 aromatic carbocycles. The lowest BCUT2D eigenvalue weighted by Crippen LogP contribution is -1.95. The van der Waals surface area contributed by atoms with Crippen LogP contribution in [0.4, 0.5) is 0 Å². The minimum absolute atomic E-state index is 0.520. The fraction of sp³-hybridized carbons (Fsp3) is 0.0270. The molecule has 0 amide bonds. The first-order valence-electron chi connectivity index (χ1n) is 13.3. The standard InChI is InChI=1S/C37H27NO/c38-24-25-7-4-12-32(21-25)33-13-6-14-36-37(33)34-23-31(19-20-35(34)39-36)28-17-15-27(16-18-28)30-11-5-10-29(22-30)26-8-2-1-3-9-26/h1-23H,24,38H2. The number of furan rings is 1. The zero-order chi connectivity index (χ0) is 26.2. The van der Waals surface area contributed by atoms with Crippen molar-refractivity contribution in [3.05, 3.63) is 145 Å². The minimum Gasteiger partial charge on any atom is -0.456 e. The molecule has 0 saturated heterocycles. The molecule has 7 rings (SSSR count). The van der Waals surface area contributed by atoms with Crippen molar-refractivity contribution in [1.82, 2.24) is 0 Å². The van der Waals surface area contributed by atoms with Crippen LogP contribution in [0.5, 0.6) is 0 Å². The molecule has 0 aliphatic heterocycles. The van der Waals surface area contributed by atoms with Crippen LogP contribution in [0.2, 0.25) is 0 Å². The van der Waals surface area contributed by atoms with E-state index in [0.29, 0.717) is 6.54 Å². The van der Waals surface area contributed by atoms with Gasteiger partial charge in [-0.2, -0.15) is 0 Å². The monoisotopic (exact) mass is 501 g/mol. The van der Waals surface area contributed by atoms with Gasteiger partial charge in [0.1, 0.15) is 11.2 Å². The SMILES string of the molecule is NCc1cccc(-c2cccc3oc4ccc(-c5ccc(-c6cccc(-c7ccccc7)c6)cc5)cc4c23)c1. The van der Waals surface area contributed by atoms with E-state index >= 15 is 0 Å². The van der Waals surface area contributed by atoms with Crippen molar-refractivity contribution in [3.63, 3.8) is 0 Å². The summed E-state index contributed by atoms with van der Waals surface area (Å²) in [4.78, 5) is 0. The molecular weight excluding hydrogens is 474 g/mol. The maximum atomic E-state index is 6.26. The van der Waals surface area contributed by atoms with Crippen molar-refractivity contribution >= 4 is 21.9 Å². The van der Waals surface area contributed by atoms with Crippen LogP contribution in [0.1, 0.15) is 5.56 Å². The summed E-state index contributed by atoms with van der Waals surface area (Å²) in [6.45, 7) is 0.520. The van der Waals surface area contributed by atoms with Crippen LogP contribution in [0.25, 0.3) is 66.4 Å². The van der Waals surface area contributed by atoms with Crippen LogP contribution in [-0.2, 0) is 6.54 Å². The van der Waals surface area contributed by atoms with Gasteiger partial charge in [0.05, 0.1) is 0 Å². The quantitative estimate of drug-likeness (QED) is 0.255. The number of rotatable bonds is 5. The van der Waals surface area contributed by atoms with E-state index in [4.69, 9.17) is 10.2 Å². The summed E-state index contributed by atoms with van der Waals surface area (Å²) >= 11 is 0. The smallest absolute Gasteiger partial charge is 0.136 e. The van der Waals surface area contributed by atoms with Crippen LogP contribution < -0.4 is 5.73 Å². The molecule has 0 aliphatic rings. The van der Waals surface area contributed by atoms with Crippen LogP contribution in [0.15, 0.2) is 144 Å². The summed E-state index contributed by atoms with van der Waals surface area (Å²) in [5.41, 5.74) is 18.4.